The standard InChI is InChI=1S/C10H13BrN4O/c1-12-10(16)7-3-2-4-15(7)9-5-8(11)13-6-14-9/h5-7H,2-4H2,1H3,(H,12,16). The highest BCUT2D eigenvalue weighted by atomic mass is 79.9. The second kappa shape index (κ2) is 4.78. The molecule has 0 spiro atoms. The van der Waals surface area contributed by atoms with Gasteiger partial charge in [0.05, 0.1) is 0 Å². The highest BCUT2D eigenvalue weighted by molar-refractivity contribution is 9.10. The summed E-state index contributed by atoms with van der Waals surface area (Å²) < 4.78 is 0.736. The summed E-state index contributed by atoms with van der Waals surface area (Å²) in [5.41, 5.74) is 0. The van der Waals surface area contributed by atoms with Crippen LogP contribution in [0, 0.1) is 0 Å². The Morgan fingerprint density at radius 2 is 2.44 bits per heavy atom. The monoisotopic (exact) mass is 284 g/mol. The lowest BCUT2D eigenvalue weighted by molar-refractivity contribution is -0.121. The lowest BCUT2D eigenvalue weighted by Crippen LogP contribution is -2.42. The zero-order valence-electron chi connectivity index (χ0n) is 8.98. The van der Waals surface area contributed by atoms with Crippen LogP contribution in [0.4, 0.5) is 5.82 Å². The van der Waals surface area contributed by atoms with Crippen molar-refractivity contribution in [3.63, 3.8) is 0 Å². The average Bonchev–Trinajstić information content (AvgIpc) is 2.77. The van der Waals surface area contributed by atoms with Crippen LogP contribution >= 0.6 is 15.9 Å². The molecule has 0 saturated carbocycles. The third-order valence-corrected chi connectivity index (χ3v) is 3.15. The predicted molar refractivity (Wildman–Crippen MR) is 64.2 cm³/mol. The van der Waals surface area contributed by atoms with E-state index < -0.39 is 0 Å². The van der Waals surface area contributed by atoms with Gasteiger partial charge in [-0.25, -0.2) is 9.97 Å². The van der Waals surface area contributed by atoms with Crippen molar-refractivity contribution >= 4 is 27.7 Å². The summed E-state index contributed by atoms with van der Waals surface area (Å²) in [6, 6.07) is 1.73. The van der Waals surface area contributed by atoms with Gasteiger partial charge in [0, 0.05) is 19.7 Å². The Kier molecular flexibility index (Phi) is 3.38. The smallest absolute Gasteiger partial charge is 0.242 e. The number of carbonyl (C=O) groups is 1. The topological polar surface area (TPSA) is 58.1 Å². The van der Waals surface area contributed by atoms with Gasteiger partial charge in [-0.1, -0.05) is 0 Å². The van der Waals surface area contributed by atoms with Gasteiger partial charge in [-0.3, -0.25) is 4.79 Å². The molecule has 1 aromatic heterocycles. The SMILES string of the molecule is CNC(=O)C1CCCN1c1cc(Br)ncn1. The maximum Gasteiger partial charge on any atom is 0.242 e. The number of aromatic nitrogens is 2. The van der Waals surface area contributed by atoms with Crippen molar-refractivity contribution in [2.75, 3.05) is 18.5 Å². The van der Waals surface area contributed by atoms with Gasteiger partial charge in [-0.2, -0.15) is 0 Å². The van der Waals surface area contributed by atoms with Gasteiger partial charge in [-0.05, 0) is 28.8 Å². The molecule has 1 aliphatic heterocycles. The molecule has 0 aliphatic carbocycles. The molecule has 16 heavy (non-hydrogen) atoms. The molecule has 1 saturated heterocycles. The van der Waals surface area contributed by atoms with E-state index >= 15 is 0 Å². The molecule has 1 atom stereocenters. The van der Waals surface area contributed by atoms with Crippen molar-refractivity contribution < 1.29 is 4.79 Å². The molecule has 86 valence electrons. The summed E-state index contributed by atoms with van der Waals surface area (Å²) in [6.07, 6.45) is 3.39. The minimum absolute atomic E-state index is 0.0484. The lowest BCUT2D eigenvalue weighted by atomic mass is 10.2. The average molecular weight is 285 g/mol. The summed E-state index contributed by atoms with van der Waals surface area (Å²) in [6.45, 7) is 0.863. The molecular weight excluding hydrogens is 272 g/mol. The molecule has 1 aromatic rings. The minimum Gasteiger partial charge on any atom is -0.357 e. The van der Waals surface area contributed by atoms with Crippen LogP contribution < -0.4 is 10.2 Å². The van der Waals surface area contributed by atoms with Crippen LogP contribution in [0.3, 0.4) is 0 Å². The van der Waals surface area contributed by atoms with E-state index in [4.69, 9.17) is 0 Å². The maximum absolute atomic E-state index is 11.7. The van der Waals surface area contributed by atoms with Crippen LogP contribution in [-0.4, -0.2) is 35.5 Å². The Bertz CT molecular complexity index is 398. The maximum atomic E-state index is 11.7. The number of hydrogen-bond donors (Lipinski definition) is 1. The van der Waals surface area contributed by atoms with Crippen LogP contribution in [0.5, 0.6) is 0 Å². The Morgan fingerprint density at radius 1 is 1.62 bits per heavy atom. The number of anilines is 1. The molecule has 0 aromatic carbocycles. The largest absolute Gasteiger partial charge is 0.357 e. The first-order valence-corrected chi connectivity index (χ1v) is 5.97. The fourth-order valence-corrected chi connectivity index (χ4v) is 2.26. The molecule has 6 heteroatoms. The van der Waals surface area contributed by atoms with Crippen LogP contribution in [0.2, 0.25) is 0 Å². The quantitative estimate of drug-likeness (QED) is 0.822. The van der Waals surface area contributed by atoms with Crippen LogP contribution in [0.15, 0.2) is 17.0 Å². The fraction of sp³-hybridized carbons (Fsp3) is 0.500. The van der Waals surface area contributed by atoms with Gasteiger partial charge in [0.15, 0.2) is 0 Å². The van der Waals surface area contributed by atoms with E-state index in [1.54, 1.807) is 7.05 Å². The number of carbonyl (C=O) groups excluding carboxylic acids is 1. The molecule has 5 nitrogen and oxygen atoms in total. The predicted octanol–water partition coefficient (Wildman–Crippen LogP) is 0.954. The van der Waals surface area contributed by atoms with Crippen molar-refractivity contribution in [1.82, 2.24) is 15.3 Å². The molecular formula is C10H13BrN4O. The van der Waals surface area contributed by atoms with Crippen molar-refractivity contribution in [3.05, 3.63) is 17.0 Å². The van der Waals surface area contributed by atoms with E-state index in [-0.39, 0.29) is 11.9 Å². The van der Waals surface area contributed by atoms with E-state index in [0.29, 0.717) is 0 Å². The second-order valence-corrected chi connectivity index (χ2v) is 4.48. The summed E-state index contributed by atoms with van der Waals surface area (Å²) in [5, 5.41) is 2.69. The van der Waals surface area contributed by atoms with E-state index in [1.165, 1.54) is 6.33 Å². The number of amides is 1. The van der Waals surface area contributed by atoms with Crippen molar-refractivity contribution in [2.45, 2.75) is 18.9 Å². The van der Waals surface area contributed by atoms with Crippen LogP contribution in [-0.2, 0) is 4.79 Å². The Balaban J connectivity index is 2.23. The van der Waals surface area contributed by atoms with Crippen molar-refractivity contribution in [2.24, 2.45) is 0 Å². The normalized spacial score (nSPS) is 19.9. The molecule has 2 heterocycles. The molecule has 1 fully saturated rings. The third-order valence-electron chi connectivity index (χ3n) is 2.72. The molecule has 1 unspecified atom stereocenters. The summed E-state index contributed by atoms with van der Waals surface area (Å²) in [5.74, 6) is 0.847. The van der Waals surface area contributed by atoms with Crippen molar-refractivity contribution in [3.8, 4) is 0 Å². The van der Waals surface area contributed by atoms with Crippen molar-refractivity contribution in [1.29, 1.82) is 0 Å². The molecule has 0 bridgehead atoms. The number of rotatable bonds is 2. The molecule has 1 aliphatic rings. The number of nitrogens with one attached hydrogen (secondary N) is 1. The minimum atomic E-state index is -0.105. The first kappa shape index (κ1) is 11.3. The Morgan fingerprint density at radius 3 is 3.12 bits per heavy atom. The fourth-order valence-electron chi connectivity index (χ4n) is 1.96. The molecule has 1 amide bonds. The Hall–Kier alpha value is -1.17. The van der Waals surface area contributed by atoms with Gasteiger partial charge in [0.2, 0.25) is 5.91 Å². The van der Waals surface area contributed by atoms with E-state index in [0.717, 1.165) is 29.8 Å². The van der Waals surface area contributed by atoms with Gasteiger partial charge in [0.25, 0.3) is 0 Å². The third kappa shape index (κ3) is 2.16. The van der Waals surface area contributed by atoms with Crippen LogP contribution in [0.1, 0.15) is 12.8 Å². The van der Waals surface area contributed by atoms with Crippen LogP contribution in [0.25, 0.3) is 0 Å². The number of nitrogens with zero attached hydrogens (tertiary/aromatic N) is 3. The first-order chi connectivity index (χ1) is 7.72. The summed E-state index contributed by atoms with van der Waals surface area (Å²) in [7, 11) is 1.66. The second-order valence-electron chi connectivity index (χ2n) is 3.66. The first-order valence-electron chi connectivity index (χ1n) is 5.18. The Labute approximate surface area is 102 Å². The summed E-state index contributed by atoms with van der Waals surface area (Å²) >= 11 is 3.30. The number of hydrogen-bond acceptors (Lipinski definition) is 4. The van der Waals surface area contributed by atoms with Gasteiger partial charge >= 0.3 is 0 Å². The summed E-state index contributed by atoms with van der Waals surface area (Å²) in [4.78, 5) is 21.9. The molecule has 1 N–H and O–H groups in total. The zero-order chi connectivity index (χ0) is 11.5. The number of likely N-dealkylation sites (N-methyl/N-ethyl adjacent to an activating group) is 1. The highest BCUT2D eigenvalue weighted by Gasteiger charge is 2.30. The van der Waals surface area contributed by atoms with Gasteiger partial charge in [0.1, 0.15) is 22.8 Å². The van der Waals surface area contributed by atoms with Gasteiger partial charge in [-0.15, -0.1) is 0 Å². The highest BCUT2D eigenvalue weighted by Crippen LogP contribution is 2.24. The zero-order valence-corrected chi connectivity index (χ0v) is 10.6. The van der Waals surface area contributed by atoms with E-state index in [2.05, 4.69) is 31.2 Å². The molecule has 0 radical (unpaired) electrons. The van der Waals surface area contributed by atoms with Gasteiger partial charge < -0.3 is 10.2 Å². The number of halogens is 1. The lowest BCUT2D eigenvalue weighted by Gasteiger charge is -2.24. The van der Waals surface area contributed by atoms with E-state index in [9.17, 15) is 4.79 Å². The molecule has 2 rings (SSSR count). The van der Waals surface area contributed by atoms with E-state index in [1.807, 2.05) is 11.0 Å².